The topological polar surface area (TPSA) is 267 Å². The predicted molar refractivity (Wildman–Crippen MR) is 253 cm³/mol. The maximum atomic E-state index is 13.2. The highest BCUT2D eigenvalue weighted by molar-refractivity contribution is 7.86. The summed E-state index contributed by atoms with van der Waals surface area (Å²) in [4.78, 5) is 34.2. The molecular formula is C48H46N2O14S2. The van der Waals surface area contributed by atoms with Crippen molar-refractivity contribution in [1.29, 1.82) is 0 Å². The largest absolute Gasteiger partial charge is 0.493 e. The molecule has 6 N–H and O–H groups in total. The molecule has 7 rings (SSSR count). The summed E-state index contributed by atoms with van der Waals surface area (Å²) in [5.41, 5.74) is 0.478. The normalized spacial score (nSPS) is 13.3. The molecule has 0 aliphatic heterocycles. The standard InChI is InChI=1S/C48H46N2O14S2/c1-47(2,3)25-7-11-27(12-8-25)63-35-23-33(44(52)50-20-22-66(60,61)62)37-31(43(51)49-19-21-65(57,58)59)17-15-29-40-36(64-28-13-9-26(10-14-28)48(4,5)6)24-34(46(55)56)38-32(45(53)54)18-16-30(42(38)40)39(35)41(29)37/h7-18,23-24H,19-22H2,1-6H3,(H,49,51)(H,50,52)(H,53,54)(H,55,56)(H,57,58,59)(H,60,61,62). The van der Waals surface area contributed by atoms with E-state index in [0.717, 1.165) is 11.1 Å². The van der Waals surface area contributed by atoms with Gasteiger partial charge in [-0.1, -0.05) is 77.9 Å². The molecule has 0 aliphatic carbocycles. The Balaban J connectivity index is 1.69. The van der Waals surface area contributed by atoms with Gasteiger partial charge in [0.1, 0.15) is 23.0 Å². The highest BCUT2D eigenvalue weighted by Gasteiger charge is 2.30. The summed E-state index contributed by atoms with van der Waals surface area (Å²) in [6.45, 7) is 11.0. The summed E-state index contributed by atoms with van der Waals surface area (Å²) >= 11 is 0. The fourth-order valence-electron chi connectivity index (χ4n) is 7.91. The highest BCUT2D eigenvalue weighted by Crippen LogP contribution is 2.51. The predicted octanol–water partition coefficient (Wildman–Crippen LogP) is 9.70. The van der Waals surface area contributed by atoms with Gasteiger partial charge in [-0.25, -0.2) is 9.59 Å². The van der Waals surface area contributed by atoms with Gasteiger partial charge in [-0.15, -0.1) is 0 Å². The van der Waals surface area contributed by atoms with Crippen LogP contribution < -0.4 is 9.47 Å². The van der Waals surface area contributed by atoms with E-state index >= 15 is 0 Å². The van der Waals surface area contributed by atoms with Gasteiger partial charge in [-0.2, -0.15) is 16.8 Å². The van der Waals surface area contributed by atoms with Crippen molar-refractivity contribution in [2.45, 2.75) is 52.4 Å². The first kappa shape index (κ1) is 47.1. The second-order valence-electron chi connectivity index (χ2n) is 17.8. The van der Waals surface area contributed by atoms with Gasteiger partial charge in [-0.05, 0) is 81.3 Å². The summed E-state index contributed by atoms with van der Waals surface area (Å²) < 4.78 is 78.7. The van der Waals surface area contributed by atoms with Crippen molar-refractivity contribution in [2.75, 3.05) is 24.6 Å². The van der Waals surface area contributed by atoms with Gasteiger partial charge in [0.15, 0.2) is 0 Å². The minimum absolute atomic E-state index is 0.00282. The number of aliphatic hydroxyl groups excluding tert-OH is 2. The number of aliphatic hydroxyl groups is 2. The molecule has 0 spiro atoms. The Morgan fingerprint density at radius 3 is 1.23 bits per heavy atom. The van der Waals surface area contributed by atoms with Gasteiger partial charge < -0.3 is 29.9 Å². The summed E-state index contributed by atoms with van der Waals surface area (Å²) in [5.74, 6) is -5.55. The number of aromatic carboxylic acids is 2. The zero-order valence-electron chi connectivity index (χ0n) is 36.6. The molecule has 0 atom stereocenters. The van der Waals surface area contributed by atoms with Crippen LogP contribution in [0.3, 0.4) is 0 Å². The van der Waals surface area contributed by atoms with Crippen molar-refractivity contribution in [3.05, 3.63) is 118 Å². The van der Waals surface area contributed by atoms with E-state index in [4.69, 9.17) is 9.47 Å². The van der Waals surface area contributed by atoms with E-state index in [-0.39, 0.29) is 82.1 Å². The van der Waals surface area contributed by atoms with Crippen LogP contribution in [-0.4, -0.2) is 94.7 Å². The molecule has 0 aliphatic rings. The van der Waals surface area contributed by atoms with E-state index in [1.807, 2.05) is 65.8 Å². The van der Waals surface area contributed by atoms with Gasteiger partial charge in [-0.3, -0.25) is 19.1 Å². The first-order valence-electron chi connectivity index (χ1n) is 20.4. The smallest absolute Gasteiger partial charge is 0.336 e. The Kier molecular flexibility index (Phi) is 12.3. The van der Waals surface area contributed by atoms with Crippen LogP contribution >= 0.6 is 0 Å². The molecule has 0 unspecified atom stereocenters. The zero-order valence-corrected chi connectivity index (χ0v) is 38.2. The maximum Gasteiger partial charge on any atom is 0.336 e. The highest BCUT2D eigenvalue weighted by atomic mass is 32.2. The molecule has 7 aromatic carbocycles. The van der Waals surface area contributed by atoms with E-state index in [1.54, 1.807) is 24.3 Å². The third kappa shape index (κ3) is 9.58. The van der Waals surface area contributed by atoms with E-state index in [2.05, 4.69) is 9.98 Å². The lowest BCUT2D eigenvalue weighted by Gasteiger charge is -2.24. The van der Waals surface area contributed by atoms with Crippen LogP contribution in [0.2, 0.25) is 0 Å². The fourth-order valence-corrected chi connectivity index (χ4v) is 8.55. The average Bonchev–Trinajstić information content (AvgIpc) is 3.21. The van der Waals surface area contributed by atoms with Gasteiger partial charge in [0.05, 0.1) is 35.7 Å². The second kappa shape index (κ2) is 17.2. The number of aliphatic imine (C=N–C) groups is 2. The van der Waals surface area contributed by atoms with Crippen molar-refractivity contribution in [3.63, 3.8) is 0 Å². The van der Waals surface area contributed by atoms with Gasteiger partial charge in [0.2, 0.25) is 11.8 Å². The third-order valence-corrected chi connectivity index (χ3v) is 12.5. The number of benzene rings is 7. The molecule has 0 bridgehead atoms. The lowest BCUT2D eigenvalue weighted by Crippen LogP contribution is -2.13. The van der Waals surface area contributed by atoms with Crippen molar-refractivity contribution in [1.82, 2.24) is 0 Å². The van der Waals surface area contributed by atoms with Crippen molar-refractivity contribution < 1.29 is 65.4 Å². The number of fused-ring (bicyclic) bond motifs is 2. The van der Waals surface area contributed by atoms with Gasteiger partial charge in [0.25, 0.3) is 20.2 Å². The SMILES string of the molecule is CC(C)(C)c1ccc(Oc2cc(C(=O)O)c3c(C(=O)O)ccc4c5c(Oc6ccc(C(C)(C)C)cc6)cc(C(O)=NCCS(=O)(=O)O)c6c(C(O)=NCCS(=O)(=O)O)ccc(c2c34)c65)cc1. The van der Waals surface area contributed by atoms with Crippen LogP contribution in [0, 0.1) is 0 Å². The lowest BCUT2D eigenvalue weighted by atomic mass is 9.83. The Morgan fingerprint density at radius 1 is 0.485 bits per heavy atom. The van der Waals surface area contributed by atoms with E-state index < -0.39 is 74.1 Å². The van der Waals surface area contributed by atoms with Crippen LogP contribution in [0.1, 0.15) is 84.5 Å². The fraction of sp³-hybridized carbons (Fsp3) is 0.250. The van der Waals surface area contributed by atoms with E-state index in [9.17, 15) is 56.0 Å². The average molecular weight is 939 g/mol. The number of carboxylic acid groups (broad SMARTS) is 2. The molecule has 18 heteroatoms. The molecule has 0 saturated heterocycles. The molecule has 16 nitrogen and oxygen atoms in total. The van der Waals surface area contributed by atoms with Crippen LogP contribution in [0.15, 0.2) is 94.9 Å². The molecule has 66 heavy (non-hydrogen) atoms. The Morgan fingerprint density at radius 2 is 0.848 bits per heavy atom. The number of carbonyl (C=O) groups is 2. The molecule has 0 heterocycles. The minimum Gasteiger partial charge on any atom is -0.493 e. The first-order chi connectivity index (χ1) is 30.7. The van der Waals surface area contributed by atoms with Crippen molar-refractivity contribution in [3.8, 4) is 23.0 Å². The zero-order chi connectivity index (χ0) is 48.3. The number of hydrogen-bond donors (Lipinski definition) is 6. The van der Waals surface area contributed by atoms with Crippen molar-refractivity contribution in [2.24, 2.45) is 9.98 Å². The third-order valence-electron chi connectivity index (χ3n) is 11.1. The number of rotatable bonds is 14. The monoisotopic (exact) mass is 938 g/mol. The lowest BCUT2D eigenvalue weighted by molar-refractivity contribution is 0.0695. The number of carboxylic acids is 2. The van der Waals surface area contributed by atoms with E-state index in [1.165, 1.54) is 36.4 Å². The number of ether oxygens (including phenoxy) is 2. The molecule has 0 fully saturated rings. The minimum atomic E-state index is -4.54. The van der Waals surface area contributed by atoms with E-state index in [0.29, 0.717) is 11.5 Å². The quantitative estimate of drug-likeness (QED) is 0.0195. The van der Waals surface area contributed by atoms with Crippen LogP contribution in [0.5, 0.6) is 23.0 Å². The Labute approximate surface area is 379 Å². The van der Waals surface area contributed by atoms with Crippen LogP contribution in [-0.2, 0) is 31.1 Å². The number of nitrogens with zero attached hydrogens (tertiary/aromatic N) is 2. The summed E-state index contributed by atoms with van der Waals surface area (Å²) in [5, 5.41) is 45.8. The summed E-state index contributed by atoms with van der Waals surface area (Å²) in [6, 6.07) is 22.4. The van der Waals surface area contributed by atoms with Gasteiger partial charge >= 0.3 is 11.9 Å². The number of hydrogen-bond acceptors (Lipinski definition) is 10. The van der Waals surface area contributed by atoms with Crippen LogP contribution in [0.4, 0.5) is 0 Å². The molecule has 7 aromatic rings. The Hall–Kier alpha value is -6.86. The van der Waals surface area contributed by atoms with Gasteiger partial charge in [0, 0.05) is 43.4 Å². The summed E-state index contributed by atoms with van der Waals surface area (Å²) in [7, 11) is -9.06. The molecule has 0 radical (unpaired) electrons. The molecule has 0 amide bonds. The second-order valence-corrected chi connectivity index (χ2v) is 20.9. The van der Waals surface area contributed by atoms with Crippen LogP contribution in [0.25, 0.3) is 43.1 Å². The maximum absolute atomic E-state index is 13.2. The summed E-state index contributed by atoms with van der Waals surface area (Å²) in [6.07, 6.45) is 0. The molecular weight excluding hydrogens is 893 g/mol. The molecule has 344 valence electrons. The Bertz CT molecular complexity index is 3390. The molecule has 0 aromatic heterocycles. The molecule has 0 saturated carbocycles. The first-order valence-corrected chi connectivity index (χ1v) is 23.6. The van der Waals surface area contributed by atoms with Crippen molar-refractivity contribution >= 4 is 87.1 Å².